The molecule has 92 valence electrons. The largest absolute Gasteiger partial charge is 0.453 e. The molecule has 1 aromatic carbocycles. The van der Waals surface area contributed by atoms with Gasteiger partial charge in [-0.15, -0.1) is 0 Å². The maximum Gasteiger partial charge on any atom is 0.195 e. The molecular formula is C14H14N2O2. The summed E-state index contributed by atoms with van der Waals surface area (Å²) < 4.78 is 11.4. The molecule has 0 saturated heterocycles. The summed E-state index contributed by atoms with van der Waals surface area (Å²) in [6.07, 6.45) is 3.33. The fraction of sp³-hybridized carbons (Fsp3) is 0.214. The van der Waals surface area contributed by atoms with Crippen LogP contribution in [0.15, 0.2) is 45.4 Å². The van der Waals surface area contributed by atoms with Crippen LogP contribution in [0.4, 0.5) is 0 Å². The number of nitrogens with zero attached hydrogens (tertiary/aromatic N) is 1. The first-order chi connectivity index (χ1) is 8.86. The molecule has 0 aliphatic heterocycles. The standard InChI is InChI=1S/C14H14N2O2/c15-7-3-6-14-16-9-13(18-14)12-8-10-4-1-2-5-11(10)17-12/h1-2,4-5,8-9H,3,6-7,15H2. The summed E-state index contributed by atoms with van der Waals surface area (Å²) in [4.78, 5) is 4.22. The Kier molecular flexibility index (Phi) is 2.86. The van der Waals surface area contributed by atoms with Crippen molar-refractivity contribution in [3.8, 4) is 11.5 Å². The zero-order valence-electron chi connectivity index (χ0n) is 9.93. The number of nitrogens with two attached hydrogens (primary N) is 1. The maximum atomic E-state index is 5.71. The molecule has 0 spiro atoms. The predicted octanol–water partition coefficient (Wildman–Crippen LogP) is 2.98. The van der Waals surface area contributed by atoms with Gasteiger partial charge >= 0.3 is 0 Å². The third-order valence-electron chi connectivity index (χ3n) is 2.82. The van der Waals surface area contributed by atoms with E-state index >= 15 is 0 Å². The lowest BCUT2D eigenvalue weighted by molar-refractivity contribution is 0.483. The summed E-state index contributed by atoms with van der Waals surface area (Å²) in [6.45, 7) is 0.641. The number of hydrogen-bond donors (Lipinski definition) is 1. The molecule has 18 heavy (non-hydrogen) atoms. The molecule has 0 aliphatic rings. The van der Waals surface area contributed by atoms with Crippen LogP contribution in [0.3, 0.4) is 0 Å². The number of aromatic nitrogens is 1. The van der Waals surface area contributed by atoms with Crippen molar-refractivity contribution in [1.29, 1.82) is 0 Å². The van der Waals surface area contributed by atoms with Crippen molar-refractivity contribution in [2.75, 3.05) is 6.54 Å². The molecule has 3 aromatic rings. The van der Waals surface area contributed by atoms with Gasteiger partial charge < -0.3 is 14.6 Å². The Balaban J connectivity index is 1.91. The second-order valence-corrected chi connectivity index (χ2v) is 4.16. The summed E-state index contributed by atoms with van der Waals surface area (Å²) in [5.41, 5.74) is 6.31. The second-order valence-electron chi connectivity index (χ2n) is 4.16. The highest BCUT2D eigenvalue weighted by Crippen LogP contribution is 2.28. The smallest absolute Gasteiger partial charge is 0.195 e. The van der Waals surface area contributed by atoms with Gasteiger partial charge in [-0.1, -0.05) is 18.2 Å². The molecule has 0 saturated carbocycles. The Morgan fingerprint density at radius 2 is 2.00 bits per heavy atom. The van der Waals surface area contributed by atoms with Crippen LogP contribution in [-0.4, -0.2) is 11.5 Å². The van der Waals surface area contributed by atoms with Gasteiger partial charge in [0, 0.05) is 11.8 Å². The molecule has 0 radical (unpaired) electrons. The highest BCUT2D eigenvalue weighted by molar-refractivity contribution is 5.81. The molecule has 0 atom stereocenters. The van der Waals surface area contributed by atoms with Gasteiger partial charge in [-0.2, -0.15) is 0 Å². The molecule has 4 heteroatoms. The van der Waals surface area contributed by atoms with Crippen molar-refractivity contribution in [1.82, 2.24) is 4.98 Å². The van der Waals surface area contributed by atoms with Crippen molar-refractivity contribution in [2.45, 2.75) is 12.8 Å². The molecular weight excluding hydrogens is 228 g/mol. The van der Waals surface area contributed by atoms with Gasteiger partial charge in [0.25, 0.3) is 0 Å². The minimum atomic E-state index is 0.641. The Morgan fingerprint density at radius 3 is 2.83 bits per heavy atom. The SMILES string of the molecule is NCCCc1ncc(-c2cc3ccccc3o2)o1. The van der Waals surface area contributed by atoms with Gasteiger partial charge in [-0.05, 0) is 25.1 Å². The Bertz CT molecular complexity index is 621. The maximum absolute atomic E-state index is 5.71. The molecule has 0 fully saturated rings. The summed E-state index contributed by atoms with van der Waals surface area (Å²) in [7, 11) is 0. The van der Waals surface area contributed by atoms with E-state index in [9.17, 15) is 0 Å². The van der Waals surface area contributed by atoms with E-state index in [1.807, 2.05) is 30.3 Å². The molecule has 0 amide bonds. The van der Waals surface area contributed by atoms with Crippen LogP contribution in [0.25, 0.3) is 22.5 Å². The average Bonchev–Trinajstić information content (AvgIpc) is 3.02. The number of hydrogen-bond acceptors (Lipinski definition) is 4. The molecule has 0 unspecified atom stereocenters. The Labute approximate surface area is 104 Å². The van der Waals surface area contributed by atoms with Gasteiger partial charge in [0.05, 0.1) is 6.20 Å². The molecule has 2 heterocycles. The molecule has 4 nitrogen and oxygen atoms in total. The number of oxazole rings is 1. The third-order valence-corrected chi connectivity index (χ3v) is 2.82. The van der Waals surface area contributed by atoms with Crippen LogP contribution < -0.4 is 5.73 Å². The third kappa shape index (κ3) is 2.02. The van der Waals surface area contributed by atoms with E-state index in [0.29, 0.717) is 24.0 Å². The van der Waals surface area contributed by atoms with Crippen molar-refractivity contribution in [2.24, 2.45) is 5.73 Å². The number of aryl methyl sites for hydroxylation is 1. The van der Waals surface area contributed by atoms with Crippen LogP contribution in [0.2, 0.25) is 0 Å². The van der Waals surface area contributed by atoms with E-state index in [2.05, 4.69) is 4.98 Å². The lowest BCUT2D eigenvalue weighted by Gasteiger charge is -1.91. The minimum Gasteiger partial charge on any atom is -0.453 e. The van der Waals surface area contributed by atoms with Crippen molar-refractivity contribution in [3.05, 3.63) is 42.4 Å². The van der Waals surface area contributed by atoms with Gasteiger partial charge in [0.15, 0.2) is 17.4 Å². The number of furan rings is 1. The minimum absolute atomic E-state index is 0.641. The van der Waals surface area contributed by atoms with Gasteiger partial charge in [0.2, 0.25) is 0 Å². The van der Waals surface area contributed by atoms with Gasteiger partial charge in [0.1, 0.15) is 5.58 Å². The van der Waals surface area contributed by atoms with E-state index < -0.39 is 0 Å². The number of para-hydroxylation sites is 1. The predicted molar refractivity (Wildman–Crippen MR) is 69.1 cm³/mol. The quantitative estimate of drug-likeness (QED) is 0.763. The summed E-state index contributed by atoms with van der Waals surface area (Å²) >= 11 is 0. The highest BCUT2D eigenvalue weighted by atomic mass is 16.4. The van der Waals surface area contributed by atoms with Crippen LogP contribution in [0.1, 0.15) is 12.3 Å². The second kappa shape index (κ2) is 4.66. The van der Waals surface area contributed by atoms with Crippen LogP contribution in [0, 0.1) is 0 Å². The summed E-state index contributed by atoms with van der Waals surface area (Å²) in [6, 6.07) is 9.83. The summed E-state index contributed by atoms with van der Waals surface area (Å²) in [5.74, 6) is 2.08. The molecule has 2 N–H and O–H groups in total. The monoisotopic (exact) mass is 242 g/mol. The number of rotatable bonds is 4. The van der Waals surface area contributed by atoms with E-state index in [1.165, 1.54) is 0 Å². The van der Waals surface area contributed by atoms with Crippen molar-refractivity contribution in [3.63, 3.8) is 0 Å². The zero-order valence-corrected chi connectivity index (χ0v) is 9.93. The lowest BCUT2D eigenvalue weighted by Crippen LogP contribution is -2.00. The topological polar surface area (TPSA) is 65.2 Å². The van der Waals surface area contributed by atoms with Crippen molar-refractivity contribution >= 4 is 11.0 Å². The average molecular weight is 242 g/mol. The molecule has 2 aromatic heterocycles. The normalized spacial score (nSPS) is 11.2. The molecule has 0 bridgehead atoms. The van der Waals surface area contributed by atoms with E-state index in [1.54, 1.807) is 6.20 Å². The van der Waals surface area contributed by atoms with Gasteiger partial charge in [-0.3, -0.25) is 0 Å². The van der Waals surface area contributed by atoms with Crippen LogP contribution in [-0.2, 0) is 6.42 Å². The molecule has 3 rings (SSSR count). The number of benzene rings is 1. The Hall–Kier alpha value is -2.07. The van der Waals surface area contributed by atoms with E-state index in [4.69, 9.17) is 14.6 Å². The van der Waals surface area contributed by atoms with E-state index in [-0.39, 0.29) is 0 Å². The van der Waals surface area contributed by atoms with Crippen molar-refractivity contribution < 1.29 is 8.83 Å². The zero-order chi connectivity index (χ0) is 12.4. The van der Waals surface area contributed by atoms with Crippen LogP contribution >= 0.6 is 0 Å². The fourth-order valence-corrected chi connectivity index (χ4v) is 1.90. The highest BCUT2D eigenvalue weighted by Gasteiger charge is 2.11. The Morgan fingerprint density at radius 1 is 1.11 bits per heavy atom. The van der Waals surface area contributed by atoms with E-state index in [0.717, 1.165) is 23.8 Å². The van der Waals surface area contributed by atoms with Gasteiger partial charge in [-0.25, -0.2) is 4.98 Å². The first kappa shape index (κ1) is 11.0. The summed E-state index contributed by atoms with van der Waals surface area (Å²) in [5, 5.41) is 1.06. The molecule has 0 aliphatic carbocycles. The first-order valence-corrected chi connectivity index (χ1v) is 6.00. The lowest BCUT2D eigenvalue weighted by atomic mass is 10.2. The van der Waals surface area contributed by atoms with Crippen LogP contribution in [0.5, 0.6) is 0 Å². The fourth-order valence-electron chi connectivity index (χ4n) is 1.90. The first-order valence-electron chi connectivity index (χ1n) is 6.00. The number of fused-ring (bicyclic) bond motifs is 1.